The molecule has 5 rings (SSSR count). The van der Waals surface area contributed by atoms with Gasteiger partial charge in [-0.05, 0) is 63.8 Å². The Kier molecular flexibility index (Phi) is 8.08. The highest BCUT2D eigenvalue weighted by molar-refractivity contribution is 7.70. The minimum atomic E-state index is -2.41. The van der Waals surface area contributed by atoms with Crippen LogP contribution >= 0.6 is 25.9 Å². The Morgan fingerprint density at radius 3 is 1.55 bits per heavy atom. The van der Waals surface area contributed by atoms with E-state index in [9.17, 15) is 9.13 Å². The van der Waals surface area contributed by atoms with E-state index in [2.05, 4.69) is 19.9 Å². The number of nitrogens with zero attached hydrogens (tertiary/aromatic N) is 4. The summed E-state index contributed by atoms with van der Waals surface area (Å²) in [4.78, 5) is 17.1. The molecule has 0 aliphatic heterocycles. The van der Waals surface area contributed by atoms with E-state index in [1.165, 1.54) is 19.0 Å². The van der Waals surface area contributed by atoms with Gasteiger partial charge >= 0.3 is 0 Å². The van der Waals surface area contributed by atoms with Crippen molar-refractivity contribution in [2.75, 3.05) is 38.1 Å². The van der Waals surface area contributed by atoms with Gasteiger partial charge in [-0.25, -0.2) is 4.98 Å². The molecule has 4 aromatic rings. The smallest absolute Gasteiger partial charge is 0.147 e. The number of benzene rings is 2. The highest BCUT2D eigenvalue weighted by atomic mass is 35.5. The van der Waals surface area contributed by atoms with Gasteiger partial charge in [0.2, 0.25) is 0 Å². The largest absolute Gasteiger partial charge is 0.398 e. The molecule has 0 atom stereocenters. The Morgan fingerprint density at radius 2 is 1.18 bits per heavy atom. The first-order chi connectivity index (χ1) is 17.8. The van der Waals surface area contributed by atoms with Crippen LogP contribution in [0.4, 0.5) is 11.4 Å². The van der Waals surface area contributed by atoms with Gasteiger partial charge in [-0.1, -0.05) is 23.7 Å². The fourth-order valence-electron chi connectivity index (χ4n) is 3.88. The van der Waals surface area contributed by atoms with Gasteiger partial charge in [-0.15, -0.1) is 0 Å². The van der Waals surface area contributed by atoms with Crippen molar-refractivity contribution < 1.29 is 9.13 Å². The van der Waals surface area contributed by atoms with Crippen LogP contribution in [-0.2, 0) is 9.13 Å². The van der Waals surface area contributed by atoms with Crippen LogP contribution in [0.2, 0.25) is 5.15 Å². The number of hydrogen-bond donors (Lipinski definition) is 2. The summed E-state index contributed by atoms with van der Waals surface area (Å²) in [5, 5.41) is 1.71. The Balaban J connectivity index is 0.000000178. The van der Waals surface area contributed by atoms with Gasteiger partial charge in [-0.3, -0.25) is 15.0 Å². The van der Waals surface area contributed by atoms with Crippen molar-refractivity contribution in [1.82, 2.24) is 19.9 Å². The van der Waals surface area contributed by atoms with Crippen molar-refractivity contribution in [3.05, 3.63) is 72.0 Å². The number of rotatable bonds is 5. The number of hydrogen-bond acceptors (Lipinski definition) is 8. The molecule has 1 aliphatic carbocycles. The molecule has 11 heteroatoms. The molecule has 8 nitrogen and oxygen atoms in total. The zero-order valence-electron chi connectivity index (χ0n) is 21.8. The number of anilines is 2. The third-order valence-electron chi connectivity index (χ3n) is 6.10. The van der Waals surface area contributed by atoms with E-state index in [1.807, 2.05) is 24.4 Å². The summed E-state index contributed by atoms with van der Waals surface area (Å²) in [6.07, 6.45) is 9.13. The van der Waals surface area contributed by atoms with Crippen LogP contribution < -0.4 is 22.1 Å². The molecule has 1 aliphatic rings. The summed E-state index contributed by atoms with van der Waals surface area (Å²) in [7, 11) is -4.80. The monoisotopic (exact) mass is 568 g/mol. The van der Waals surface area contributed by atoms with Gasteiger partial charge in [0.25, 0.3) is 0 Å². The van der Waals surface area contributed by atoms with E-state index in [0.29, 0.717) is 38.7 Å². The number of halogens is 1. The summed E-state index contributed by atoms with van der Waals surface area (Å²) in [5.74, 6) is 0.602. The second-order valence-corrected chi connectivity index (χ2v) is 16.8. The predicted molar refractivity (Wildman–Crippen MR) is 159 cm³/mol. The average Bonchev–Trinajstić information content (AvgIpc) is 3.70. The van der Waals surface area contributed by atoms with Gasteiger partial charge < -0.3 is 20.6 Å². The van der Waals surface area contributed by atoms with Gasteiger partial charge in [0.1, 0.15) is 19.4 Å². The molecule has 0 spiro atoms. The summed E-state index contributed by atoms with van der Waals surface area (Å²) in [6.45, 7) is 6.83. The molecule has 0 unspecified atom stereocenters. The first kappa shape index (κ1) is 28.0. The van der Waals surface area contributed by atoms with E-state index < -0.39 is 14.3 Å². The minimum Gasteiger partial charge on any atom is -0.398 e. The lowest BCUT2D eigenvalue weighted by Gasteiger charge is -2.12. The molecule has 2 aromatic carbocycles. The van der Waals surface area contributed by atoms with Crippen LogP contribution in [0.3, 0.4) is 0 Å². The highest BCUT2D eigenvalue weighted by Crippen LogP contribution is 2.40. The van der Waals surface area contributed by atoms with Crippen LogP contribution in [0, 0.1) is 0 Å². The fourth-order valence-corrected chi connectivity index (χ4v) is 6.27. The van der Waals surface area contributed by atoms with Crippen molar-refractivity contribution in [3.63, 3.8) is 0 Å². The third kappa shape index (κ3) is 6.87. The second-order valence-electron chi connectivity index (χ2n) is 10.1. The van der Waals surface area contributed by atoms with Crippen molar-refractivity contribution in [2.45, 2.75) is 18.8 Å². The Labute approximate surface area is 228 Å². The Morgan fingerprint density at radius 1 is 0.711 bits per heavy atom. The van der Waals surface area contributed by atoms with E-state index in [4.69, 9.17) is 23.1 Å². The van der Waals surface area contributed by atoms with E-state index in [0.717, 1.165) is 22.5 Å². The highest BCUT2D eigenvalue weighted by Gasteiger charge is 2.25. The molecule has 38 heavy (non-hydrogen) atoms. The summed E-state index contributed by atoms with van der Waals surface area (Å²) >= 11 is 5.69. The summed E-state index contributed by atoms with van der Waals surface area (Å²) in [6, 6.07) is 10.9. The van der Waals surface area contributed by atoms with Crippen LogP contribution in [0.15, 0.2) is 61.2 Å². The Hall–Kier alpha value is -3.05. The topological polar surface area (TPSA) is 138 Å². The lowest BCUT2D eigenvalue weighted by molar-refractivity contribution is 0.587. The summed E-state index contributed by atoms with van der Waals surface area (Å²) in [5.41, 5.74) is 17.2. The van der Waals surface area contributed by atoms with E-state index >= 15 is 0 Å². The average molecular weight is 569 g/mol. The molecule has 1 fully saturated rings. The van der Waals surface area contributed by atoms with Crippen LogP contribution in [0.5, 0.6) is 0 Å². The molecule has 1 saturated carbocycles. The van der Waals surface area contributed by atoms with Crippen molar-refractivity contribution >= 4 is 47.9 Å². The van der Waals surface area contributed by atoms with Gasteiger partial charge in [-0.2, -0.15) is 0 Å². The lowest BCUT2D eigenvalue weighted by atomic mass is 10.1. The zero-order valence-corrected chi connectivity index (χ0v) is 24.3. The van der Waals surface area contributed by atoms with Crippen molar-refractivity contribution in [1.29, 1.82) is 0 Å². The minimum absolute atomic E-state index is 0.339. The zero-order chi connectivity index (χ0) is 27.7. The van der Waals surface area contributed by atoms with Crippen LogP contribution in [0.25, 0.3) is 22.5 Å². The first-order valence-corrected chi connectivity index (χ1v) is 17.6. The maximum Gasteiger partial charge on any atom is 0.147 e. The SMILES string of the molecule is CP(C)(=O)c1cc(-c2cnc(C3CC3)cn2)ccc1N.CP(C)(=O)c1cc(-c2cnc(Cl)cn2)ccc1N. The van der Waals surface area contributed by atoms with Crippen LogP contribution in [0.1, 0.15) is 24.5 Å². The molecule has 2 aromatic heterocycles. The molecular formula is C27H31ClN6O2P2. The molecular weight excluding hydrogens is 538 g/mol. The quantitative estimate of drug-likeness (QED) is 0.238. The van der Waals surface area contributed by atoms with Crippen molar-refractivity contribution in [3.8, 4) is 22.5 Å². The molecule has 0 amide bonds. The Bertz CT molecular complexity index is 1550. The van der Waals surface area contributed by atoms with E-state index in [-0.39, 0.29) is 0 Å². The van der Waals surface area contributed by atoms with Gasteiger partial charge in [0.15, 0.2) is 0 Å². The van der Waals surface area contributed by atoms with Gasteiger partial charge in [0, 0.05) is 45.2 Å². The standard InChI is InChI=1S/C15H18N3OP.C12H13ClN3OP/c1-20(2,19)15-7-11(5-6-12(15)16)14-9-17-13(8-18-14)10-3-4-10;1-18(2,17)11-5-8(3-4-9(11)14)10-6-16-12(13)7-15-10/h5-10H,3-4,16H2,1-2H3;3-7H,14H2,1-2H3. The molecule has 4 N–H and O–H groups in total. The molecule has 198 valence electrons. The predicted octanol–water partition coefficient (Wildman–Crippen LogP) is 5.48. The normalized spacial score (nSPS) is 13.5. The molecule has 0 bridgehead atoms. The number of aromatic nitrogens is 4. The first-order valence-electron chi connectivity index (χ1n) is 12.0. The maximum atomic E-state index is 12.3. The maximum absolute atomic E-state index is 12.3. The second kappa shape index (κ2) is 11.0. The number of nitrogen functional groups attached to an aromatic ring is 2. The van der Waals surface area contributed by atoms with Crippen LogP contribution in [-0.4, -0.2) is 46.6 Å². The van der Waals surface area contributed by atoms with Crippen molar-refractivity contribution in [2.24, 2.45) is 0 Å². The molecule has 2 heterocycles. The third-order valence-corrected chi connectivity index (χ3v) is 9.39. The van der Waals surface area contributed by atoms with Gasteiger partial charge in [0.05, 0.1) is 35.7 Å². The molecule has 0 radical (unpaired) electrons. The summed E-state index contributed by atoms with van der Waals surface area (Å²) < 4.78 is 24.4. The fraction of sp³-hybridized carbons (Fsp3) is 0.259. The lowest BCUT2D eigenvalue weighted by Crippen LogP contribution is -2.10. The number of nitrogens with two attached hydrogens (primary N) is 2. The van der Waals surface area contributed by atoms with E-state index in [1.54, 1.807) is 57.3 Å². The molecule has 0 saturated heterocycles.